The van der Waals surface area contributed by atoms with Gasteiger partial charge in [-0.25, -0.2) is 9.59 Å². The van der Waals surface area contributed by atoms with Gasteiger partial charge in [-0.05, 0) is 41.5 Å². The Morgan fingerprint density at radius 2 is 1.82 bits per heavy atom. The Morgan fingerprint density at radius 3 is 2.39 bits per heavy atom. The number of thioether (sulfide) groups is 1. The number of imide groups is 1. The van der Waals surface area contributed by atoms with Crippen molar-refractivity contribution in [3.05, 3.63) is 47.3 Å². The summed E-state index contributed by atoms with van der Waals surface area (Å²) >= 11 is 3.06. The van der Waals surface area contributed by atoms with E-state index in [1.807, 2.05) is 31.4 Å². The third-order valence-corrected chi connectivity index (χ3v) is 7.87. The molecule has 0 radical (unpaired) electrons. The van der Waals surface area contributed by atoms with Crippen LogP contribution in [0.25, 0.3) is 0 Å². The first-order valence-electron chi connectivity index (χ1n) is 12.1. The fourth-order valence-corrected chi connectivity index (χ4v) is 5.31. The molecule has 1 aromatic carbocycles. The summed E-state index contributed by atoms with van der Waals surface area (Å²) in [5, 5.41) is 17.5. The van der Waals surface area contributed by atoms with Crippen LogP contribution in [0, 0.1) is 11.8 Å². The predicted octanol–water partition coefficient (Wildman–Crippen LogP) is 3.73. The molecular weight excluding hydrogens is 530 g/mol. The van der Waals surface area contributed by atoms with Crippen LogP contribution in [-0.4, -0.2) is 66.6 Å². The molecule has 0 aliphatic carbocycles. The number of hydrogen-bond donors (Lipinski definition) is 3. The summed E-state index contributed by atoms with van der Waals surface area (Å²) in [5.74, 6) is -1.09. The van der Waals surface area contributed by atoms with Gasteiger partial charge in [0.2, 0.25) is 5.91 Å². The molecule has 1 heterocycles. The number of esters is 1. The minimum absolute atomic E-state index is 0.0830. The molecule has 0 bridgehead atoms. The SMILES string of the molecule is CNC(=O)[C@H](Cc1ccc(OCC(=O)OC)cc1)NC(=O)N(O)C(=O)[C@H](CCC(C)C)CSc1cccs1. The van der Waals surface area contributed by atoms with E-state index in [1.165, 1.54) is 25.9 Å². The highest BCUT2D eigenvalue weighted by Crippen LogP contribution is 2.28. The van der Waals surface area contributed by atoms with Gasteiger partial charge < -0.3 is 20.1 Å². The van der Waals surface area contributed by atoms with Crippen LogP contribution in [0.3, 0.4) is 0 Å². The fourth-order valence-electron chi connectivity index (χ4n) is 3.37. The molecule has 2 atom stereocenters. The highest BCUT2D eigenvalue weighted by Gasteiger charge is 2.31. The molecule has 1 aromatic heterocycles. The molecular formula is C26H35N3O7S2. The second kappa shape index (κ2) is 16.0. The monoisotopic (exact) mass is 565 g/mol. The molecule has 12 heteroatoms. The van der Waals surface area contributed by atoms with Crippen molar-refractivity contribution < 1.29 is 33.9 Å². The van der Waals surface area contributed by atoms with Gasteiger partial charge in [0.1, 0.15) is 11.8 Å². The third kappa shape index (κ3) is 10.3. The number of hydrogen-bond acceptors (Lipinski definition) is 9. The Bertz CT molecular complexity index is 1050. The molecule has 2 aromatic rings. The minimum Gasteiger partial charge on any atom is -0.482 e. The van der Waals surface area contributed by atoms with Crippen LogP contribution in [0.15, 0.2) is 46.0 Å². The number of urea groups is 1. The van der Waals surface area contributed by atoms with Crippen molar-refractivity contribution >= 4 is 46.9 Å². The summed E-state index contributed by atoms with van der Waals surface area (Å²) in [7, 11) is 2.69. The summed E-state index contributed by atoms with van der Waals surface area (Å²) in [4.78, 5) is 49.6. The second-order valence-corrected chi connectivity index (χ2v) is 11.2. The number of methoxy groups -OCH3 is 1. The molecule has 2 rings (SSSR count). The van der Waals surface area contributed by atoms with Gasteiger partial charge in [0.25, 0.3) is 5.91 Å². The van der Waals surface area contributed by atoms with Gasteiger partial charge in [-0.3, -0.25) is 14.8 Å². The molecule has 0 fully saturated rings. The van der Waals surface area contributed by atoms with E-state index in [0.717, 1.165) is 10.6 Å². The van der Waals surface area contributed by atoms with Gasteiger partial charge in [-0.1, -0.05) is 38.5 Å². The predicted molar refractivity (Wildman–Crippen MR) is 145 cm³/mol. The first-order valence-corrected chi connectivity index (χ1v) is 14.0. The van der Waals surface area contributed by atoms with E-state index in [4.69, 9.17) is 4.74 Å². The Labute approximate surface area is 231 Å². The average Bonchev–Trinajstić information content (AvgIpc) is 3.44. The van der Waals surface area contributed by atoms with Gasteiger partial charge in [0.15, 0.2) is 6.61 Å². The fraction of sp³-hybridized carbons (Fsp3) is 0.462. The van der Waals surface area contributed by atoms with E-state index in [-0.39, 0.29) is 18.1 Å². The number of rotatable bonds is 14. The summed E-state index contributed by atoms with van der Waals surface area (Å²) in [5.41, 5.74) is 0.683. The number of carbonyl (C=O) groups is 4. The number of nitrogens with zero attached hydrogens (tertiary/aromatic N) is 1. The highest BCUT2D eigenvalue weighted by atomic mass is 32.2. The minimum atomic E-state index is -1.07. The molecule has 38 heavy (non-hydrogen) atoms. The number of carbonyl (C=O) groups excluding carboxylic acids is 4. The molecule has 0 saturated carbocycles. The Morgan fingerprint density at radius 1 is 1.11 bits per heavy atom. The van der Waals surface area contributed by atoms with Crippen molar-refractivity contribution in [2.45, 2.75) is 43.4 Å². The molecule has 0 spiro atoms. The van der Waals surface area contributed by atoms with E-state index >= 15 is 0 Å². The summed E-state index contributed by atoms with van der Waals surface area (Å²) < 4.78 is 10.9. The Kier molecular flexibility index (Phi) is 13.1. The van der Waals surface area contributed by atoms with Gasteiger partial charge in [-0.2, -0.15) is 0 Å². The van der Waals surface area contributed by atoms with Crippen molar-refractivity contribution in [3.63, 3.8) is 0 Å². The van der Waals surface area contributed by atoms with Crippen molar-refractivity contribution in [2.75, 3.05) is 26.5 Å². The van der Waals surface area contributed by atoms with Crippen LogP contribution in [0.1, 0.15) is 32.3 Å². The molecule has 0 aliphatic rings. The van der Waals surface area contributed by atoms with Crippen molar-refractivity contribution in [3.8, 4) is 5.75 Å². The molecule has 0 saturated heterocycles. The normalized spacial score (nSPS) is 12.4. The van der Waals surface area contributed by atoms with Crippen LogP contribution in [0.4, 0.5) is 4.79 Å². The second-order valence-electron chi connectivity index (χ2n) is 8.89. The van der Waals surface area contributed by atoms with Gasteiger partial charge >= 0.3 is 12.0 Å². The topological polar surface area (TPSA) is 134 Å². The first kappa shape index (κ1) is 31.1. The zero-order valence-corrected chi connectivity index (χ0v) is 23.6. The largest absolute Gasteiger partial charge is 0.482 e. The maximum atomic E-state index is 13.1. The van der Waals surface area contributed by atoms with Crippen molar-refractivity contribution in [2.24, 2.45) is 11.8 Å². The molecule has 208 valence electrons. The molecule has 3 N–H and O–H groups in total. The zero-order chi connectivity index (χ0) is 28.1. The summed E-state index contributed by atoms with van der Waals surface area (Å²) in [6.07, 6.45) is 1.37. The maximum absolute atomic E-state index is 13.1. The van der Waals surface area contributed by atoms with E-state index in [9.17, 15) is 24.4 Å². The Hall–Kier alpha value is -3.09. The third-order valence-electron chi connectivity index (χ3n) is 5.57. The summed E-state index contributed by atoms with van der Waals surface area (Å²) in [6.45, 7) is 3.85. The lowest BCUT2D eigenvalue weighted by Gasteiger charge is -2.24. The maximum Gasteiger partial charge on any atom is 0.349 e. The number of nitrogens with one attached hydrogen (secondary N) is 2. The van der Waals surface area contributed by atoms with Crippen LogP contribution >= 0.6 is 23.1 Å². The zero-order valence-electron chi connectivity index (χ0n) is 22.0. The average molecular weight is 566 g/mol. The van der Waals surface area contributed by atoms with E-state index in [1.54, 1.807) is 35.6 Å². The van der Waals surface area contributed by atoms with E-state index in [0.29, 0.717) is 29.4 Å². The number of ether oxygens (including phenoxy) is 2. The lowest BCUT2D eigenvalue weighted by molar-refractivity contribution is -0.157. The van der Waals surface area contributed by atoms with E-state index in [2.05, 4.69) is 15.4 Å². The molecule has 10 nitrogen and oxygen atoms in total. The first-order chi connectivity index (χ1) is 18.1. The number of likely N-dealkylation sites (N-methyl/N-ethyl adjacent to an activating group) is 1. The van der Waals surface area contributed by atoms with Gasteiger partial charge in [0.05, 0.1) is 17.2 Å². The van der Waals surface area contributed by atoms with Crippen LogP contribution in [-0.2, 0) is 25.5 Å². The Balaban J connectivity index is 2.04. The van der Waals surface area contributed by atoms with Gasteiger partial charge in [0, 0.05) is 19.2 Å². The number of hydroxylamine groups is 2. The standard InChI is InChI=1S/C26H35N3O7S2/c1-17(2)7-10-19(16-38-23-6-5-13-37-23)25(32)29(34)26(33)28-21(24(31)27-3)14-18-8-11-20(12-9-18)36-15-22(30)35-4/h5-6,8-9,11-13,17,19,21,34H,7,10,14-16H2,1-4H3,(H,27,31)(H,28,33)/t19-,21+/m1/s1. The molecule has 0 unspecified atom stereocenters. The van der Waals surface area contributed by atoms with Crippen LogP contribution < -0.4 is 15.4 Å². The molecule has 0 aliphatic heterocycles. The van der Waals surface area contributed by atoms with E-state index < -0.39 is 35.8 Å². The van der Waals surface area contributed by atoms with Crippen molar-refractivity contribution in [1.29, 1.82) is 0 Å². The van der Waals surface area contributed by atoms with Crippen LogP contribution in [0.5, 0.6) is 5.75 Å². The quantitative estimate of drug-likeness (QED) is 0.137. The van der Waals surface area contributed by atoms with Crippen molar-refractivity contribution in [1.82, 2.24) is 15.7 Å². The summed E-state index contributed by atoms with van der Waals surface area (Å²) in [6, 6.07) is 8.35. The smallest absolute Gasteiger partial charge is 0.349 e. The number of amides is 4. The van der Waals surface area contributed by atoms with Crippen LogP contribution in [0.2, 0.25) is 0 Å². The number of benzene rings is 1. The number of thiophene rings is 1. The highest BCUT2D eigenvalue weighted by molar-refractivity contribution is 8.01. The molecule has 4 amide bonds. The van der Waals surface area contributed by atoms with Gasteiger partial charge in [-0.15, -0.1) is 28.2 Å². The lowest BCUT2D eigenvalue weighted by atomic mass is 9.98. The lowest BCUT2D eigenvalue weighted by Crippen LogP contribution is -2.53.